The minimum atomic E-state index is -0.570. The predicted molar refractivity (Wildman–Crippen MR) is 153 cm³/mol. The van der Waals surface area contributed by atoms with Crippen LogP contribution < -0.4 is 19.7 Å². The Labute approximate surface area is 236 Å². The zero-order chi connectivity index (χ0) is 27.9. The molecule has 3 aromatic rings. The molecule has 3 unspecified atom stereocenters. The van der Waals surface area contributed by atoms with Crippen LogP contribution in [-0.2, 0) is 16.1 Å². The van der Waals surface area contributed by atoms with Crippen molar-refractivity contribution in [2.24, 2.45) is 0 Å². The highest BCUT2D eigenvalue weighted by molar-refractivity contribution is 5.61. The summed E-state index contributed by atoms with van der Waals surface area (Å²) in [6.45, 7) is 6.68. The molecular weight excluding hydrogens is 506 g/mol. The molecule has 3 aromatic carbocycles. The first-order valence-corrected chi connectivity index (χ1v) is 13.8. The zero-order valence-electron chi connectivity index (χ0n) is 23.1. The predicted octanol–water partition coefficient (Wildman–Crippen LogP) is 4.53. The molecule has 1 fully saturated rings. The van der Waals surface area contributed by atoms with Gasteiger partial charge in [0.05, 0.1) is 42.7 Å². The zero-order valence-corrected chi connectivity index (χ0v) is 23.1. The van der Waals surface area contributed by atoms with Crippen molar-refractivity contribution in [1.82, 2.24) is 5.32 Å². The van der Waals surface area contributed by atoms with E-state index in [9.17, 15) is 5.11 Å². The number of hydrogen-bond acceptors (Lipinski definition) is 8. The van der Waals surface area contributed by atoms with Crippen LogP contribution in [0.5, 0.6) is 17.2 Å². The van der Waals surface area contributed by atoms with Gasteiger partial charge in [-0.05, 0) is 72.5 Å². The van der Waals surface area contributed by atoms with Crippen molar-refractivity contribution < 1.29 is 24.1 Å². The summed E-state index contributed by atoms with van der Waals surface area (Å²) in [7, 11) is 1.73. The SMILES string of the molecule is COCCCN1CCOc2ccc(COC3CNCC(O)C3c3ccc(Oc4ccc(C#N)c(C)c4)cc3)cc21. The molecule has 8 nitrogen and oxygen atoms in total. The Morgan fingerprint density at radius 3 is 2.67 bits per heavy atom. The molecule has 40 heavy (non-hydrogen) atoms. The number of methoxy groups -OCH3 is 1. The molecule has 0 aromatic heterocycles. The first-order chi connectivity index (χ1) is 19.6. The Hall–Kier alpha value is -3.61. The average Bonchev–Trinajstić information content (AvgIpc) is 2.97. The Morgan fingerprint density at radius 2 is 1.90 bits per heavy atom. The maximum Gasteiger partial charge on any atom is 0.142 e. The van der Waals surface area contributed by atoms with Gasteiger partial charge in [-0.15, -0.1) is 0 Å². The van der Waals surface area contributed by atoms with Crippen LogP contribution in [0.4, 0.5) is 5.69 Å². The molecule has 210 valence electrons. The van der Waals surface area contributed by atoms with Gasteiger partial charge in [0.25, 0.3) is 0 Å². The van der Waals surface area contributed by atoms with E-state index in [1.54, 1.807) is 19.2 Å². The second kappa shape index (κ2) is 13.2. The van der Waals surface area contributed by atoms with Crippen LogP contribution in [0.2, 0.25) is 0 Å². The van der Waals surface area contributed by atoms with Crippen LogP contribution in [0.25, 0.3) is 0 Å². The van der Waals surface area contributed by atoms with Gasteiger partial charge < -0.3 is 34.3 Å². The van der Waals surface area contributed by atoms with Gasteiger partial charge >= 0.3 is 0 Å². The van der Waals surface area contributed by atoms with Crippen LogP contribution in [0.1, 0.15) is 34.6 Å². The number of anilines is 1. The molecule has 2 heterocycles. The minimum absolute atomic E-state index is 0.168. The monoisotopic (exact) mass is 543 g/mol. The molecular formula is C32H37N3O5. The lowest BCUT2D eigenvalue weighted by molar-refractivity contribution is -0.0328. The summed E-state index contributed by atoms with van der Waals surface area (Å²) in [5, 5.41) is 23.4. The number of fused-ring (bicyclic) bond motifs is 1. The van der Waals surface area contributed by atoms with Crippen molar-refractivity contribution >= 4 is 5.69 Å². The summed E-state index contributed by atoms with van der Waals surface area (Å²) >= 11 is 0. The van der Waals surface area contributed by atoms with Crippen molar-refractivity contribution in [3.8, 4) is 23.3 Å². The lowest BCUT2D eigenvalue weighted by Crippen LogP contribution is -2.49. The molecule has 0 amide bonds. The van der Waals surface area contributed by atoms with Gasteiger partial charge in [-0.25, -0.2) is 0 Å². The lowest BCUT2D eigenvalue weighted by atomic mass is 9.85. The Kier molecular flexibility index (Phi) is 9.19. The maximum absolute atomic E-state index is 10.9. The highest BCUT2D eigenvalue weighted by atomic mass is 16.5. The molecule has 1 saturated heterocycles. The van der Waals surface area contributed by atoms with Gasteiger partial charge in [0, 0.05) is 39.3 Å². The summed E-state index contributed by atoms with van der Waals surface area (Å²) in [5.74, 6) is 2.11. The third-order valence-electron chi connectivity index (χ3n) is 7.56. The summed E-state index contributed by atoms with van der Waals surface area (Å²) < 4.78 is 23.6. The molecule has 0 spiro atoms. The van der Waals surface area contributed by atoms with E-state index in [0.29, 0.717) is 43.4 Å². The normalized spacial score (nSPS) is 20.4. The minimum Gasteiger partial charge on any atom is -0.490 e. The van der Waals surface area contributed by atoms with Crippen LogP contribution >= 0.6 is 0 Å². The fourth-order valence-electron chi connectivity index (χ4n) is 5.44. The number of aliphatic hydroxyl groups is 1. The van der Waals surface area contributed by atoms with Crippen molar-refractivity contribution in [2.45, 2.75) is 38.1 Å². The van der Waals surface area contributed by atoms with Crippen molar-refractivity contribution in [2.75, 3.05) is 51.4 Å². The van der Waals surface area contributed by atoms with E-state index in [0.717, 1.165) is 54.2 Å². The Morgan fingerprint density at radius 1 is 1.07 bits per heavy atom. The van der Waals surface area contributed by atoms with Crippen molar-refractivity contribution in [3.05, 3.63) is 82.9 Å². The topological polar surface area (TPSA) is 96.2 Å². The van der Waals surface area contributed by atoms with Crippen LogP contribution in [0.3, 0.4) is 0 Å². The Balaban J connectivity index is 1.25. The molecule has 0 bridgehead atoms. The van der Waals surface area contributed by atoms with E-state index in [2.05, 4.69) is 28.4 Å². The van der Waals surface area contributed by atoms with Gasteiger partial charge in [-0.1, -0.05) is 18.2 Å². The fourth-order valence-corrected chi connectivity index (χ4v) is 5.44. The molecule has 0 saturated carbocycles. The number of ether oxygens (including phenoxy) is 4. The van der Waals surface area contributed by atoms with Gasteiger partial charge in [-0.2, -0.15) is 5.26 Å². The molecule has 2 aliphatic rings. The first kappa shape index (κ1) is 27.9. The lowest BCUT2D eigenvalue weighted by Gasteiger charge is -2.36. The number of aryl methyl sites for hydroxylation is 1. The van der Waals surface area contributed by atoms with E-state index < -0.39 is 6.10 Å². The highest BCUT2D eigenvalue weighted by Gasteiger charge is 2.34. The van der Waals surface area contributed by atoms with E-state index >= 15 is 0 Å². The summed E-state index contributed by atoms with van der Waals surface area (Å²) in [6, 6.07) is 21.6. The number of rotatable bonds is 10. The van der Waals surface area contributed by atoms with E-state index in [4.69, 9.17) is 24.2 Å². The quantitative estimate of drug-likeness (QED) is 0.360. The largest absolute Gasteiger partial charge is 0.490 e. The Bertz CT molecular complexity index is 1320. The van der Waals surface area contributed by atoms with Gasteiger partial charge in [0.1, 0.15) is 23.9 Å². The van der Waals surface area contributed by atoms with E-state index in [1.807, 2.05) is 43.3 Å². The number of piperidine rings is 1. The molecule has 0 aliphatic carbocycles. The van der Waals surface area contributed by atoms with Crippen LogP contribution in [0.15, 0.2) is 60.7 Å². The summed E-state index contributed by atoms with van der Waals surface area (Å²) in [6.07, 6.45) is 0.197. The molecule has 2 N–H and O–H groups in total. The summed E-state index contributed by atoms with van der Waals surface area (Å²) in [5.41, 5.74) is 4.68. The standard InChI is InChI=1S/C32H37N3O5/c1-22-16-27(10-7-25(22)18-33)40-26-8-5-24(6-9-26)32-29(36)19-34-20-31(32)39-21-23-4-11-30-28(17-23)35(13-15-38-30)12-3-14-37-2/h4-11,16-17,29,31-32,34,36H,3,12-15,19-21H2,1-2H3. The summed E-state index contributed by atoms with van der Waals surface area (Å²) in [4.78, 5) is 2.35. The number of aliphatic hydroxyl groups excluding tert-OH is 1. The second-order valence-corrected chi connectivity index (χ2v) is 10.3. The smallest absolute Gasteiger partial charge is 0.142 e. The molecule has 2 aliphatic heterocycles. The molecule has 5 rings (SSSR count). The highest BCUT2D eigenvalue weighted by Crippen LogP contribution is 2.35. The van der Waals surface area contributed by atoms with Gasteiger partial charge in [-0.3, -0.25) is 0 Å². The van der Waals surface area contributed by atoms with Crippen molar-refractivity contribution in [1.29, 1.82) is 5.26 Å². The first-order valence-electron chi connectivity index (χ1n) is 13.8. The number of β-amino-alcohol motifs (C(OH)–C–C–N with tert-alkyl or cyclic N) is 1. The van der Waals surface area contributed by atoms with Crippen LogP contribution in [-0.4, -0.2) is 63.8 Å². The van der Waals surface area contributed by atoms with Crippen LogP contribution in [0, 0.1) is 18.3 Å². The number of nitriles is 1. The number of benzene rings is 3. The van der Waals surface area contributed by atoms with E-state index in [1.165, 1.54) is 0 Å². The second-order valence-electron chi connectivity index (χ2n) is 10.3. The van der Waals surface area contributed by atoms with Crippen molar-refractivity contribution in [3.63, 3.8) is 0 Å². The fraction of sp³-hybridized carbons (Fsp3) is 0.406. The number of hydrogen-bond donors (Lipinski definition) is 2. The third kappa shape index (κ3) is 6.57. The number of nitrogens with zero attached hydrogens (tertiary/aromatic N) is 2. The third-order valence-corrected chi connectivity index (χ3v) is 7.56. The van der Waals surface area contributed by atoms with Gasteiger partial charge in [0.15, 0.2) is 0 Å². The maximum atomic E-state index is 10.9. The molecule has 3 atom stereocenters. The average molecular weight is 544 g/mol. The molecule has 0 radical (unpaired) electrons. The van der Waals surface area contributed by atoms with Gasteiger partial charge in [0.2, 0.25) is 0 Å². The number of nitrogens with one attached hydrogen (secondary N) is 1. The molecule has 8 heteroatoms. The van der Waals surface area contributed by atoms with E-state index in [-0.39, 0.29) is 12.0 Å².